The number of amides is 1. The molecule has 7 heteroatoms. The van der Waals surface area contributed by atoms with Gasteiger partial charge in [-0.05, 0) is 32.4 Å². The summed E-state index contributed by atoms with van der Waals surface area (Å²) in [5.74, 6) is 0.142. The van der Waals surface area contributed by atoms with Crippen molar-refractivity contribution in [2.45, 2.75) is 25.9 Å². The summed E-state index contributed by atoms with van der Waals surface area (Å²) in [5.41, 5.74) is 3.82. The summed E-state index contributed by atoms with van der Waals surface area (Å²) in [6.45, 7) is 5.79. The van der Waals surface area contributed by atoms with Crippen molar-refractivity contribution in [2.24, 2.45) is 0 Å². The number of benzene rings is 1. The Morgan fingerprint density at radius 2 is 1.76 bits per heavy atom. The minimum absolute atomic E-state index is 0.110. The van der Waals surface area contributed by atoms with E-state index >= 15 is 0 Å². The van der Waals surface area contributed by atoms with Gasteiger partial charge in [-0.25, -0.2) is 15.0 Å². The van der Waals surface area contributed by atoms with Crippen LogP contribution in [0.2, 0.25) is 0 Å². The molecule has 0 radical (unpaired) electrons. The maximum Gasteiger partial charge on any atom is 0.236 e. The Morgan fingerprint density at radius 3 is 2.44 bits per heavy atom. The molecule has 1 N–H and O–H groups in total. The third-order valence-electron chi connectivity index (χ3n) is 3.37. The third kappa shape index (κ3) is 4.64. The Kier molecular flexibility index (Phi) is 5.45. The molecule has 5 nitrogen and oxygen atoms in total. The van der Waals surface area contributed by atoms with Crippen LogP contribution in [0.4, 0.5) is 5.13 Å². The molecule has 0 fully saturated rings. The SMILES string of the molecule is Cc1cc(C)nc(SCC(=O)Nc2nc(C)c(-c3ccccc3)s2)n1. The summed E-state index contributed by atoms with van der Waals surface area (Å²) in [6, 6.07) is 12.0. The Balaban J connectivity index is 1.63. The number of aromatic nitrogens is 3. The predicted molar refractivity (Wildman–Crippen MR) is 103 cm³/mol. The Morgan fingerprint density at radius 1 is 1.08 bits per heavy atom. The Labute approximate surface area is 155 Å². The van der Waals surface area contributed by atoms with Crippen LogP contribution in [-0.4, -0.2) is 26.6 Å². The number of rotatable bonds is 5. The van der Waals surface area contributed by atoms with Gasteiger partial charge < -0.3 is 5.32 Å². The van der Waals surface area contributed by atoms with E-state index in [9.17, 15) is 4.79 Å². The first-order valence-corrected chi connectivity index (χ1v) is 9.59. The molecule has 0 bridgehead atoms. The lowest BCUT2D eigenvalue weighted by atomic mass is 10.2. The first-order valence-electron chi connectivity index (χ1n) is 7.79. The molecule has 0 atom stereocenters. The summed E-state index contributed by atoms with van der Waals surface area (Å²) in [7, 11) is 0. The molecule has 0 saturated heterocycles. The van der Waals surface area contributed by atoms with Gasteiger partial charge in [-0.2, -0.15) is 0 Å². The van der Waals surface area contributed by atoms with Crippen LogP contribution >= 0.6 is 23.1 Å². The van der Waals surface area contributed by atoms with Crippen LogP contribution in [0.5, 0.6) is 0 Å². The minimum Gasteiger partial charge on any atom is -0.301 e. The first kappa shape index (κ1) is 17.6. The van der Waals surface area contributed by atoms with Crippen LogP contribution in [0.15, 0.2) is 41.6 Å². The number of carbonyl (C=O) groups excluding carboxylic acids is 1. The number of nitrogens with one attached hydrogen (secondary N) is 1. The van der Waals surface area contributed by atoms with E-state index in [2.05, 4.69) is 20.3 Å². The fraction of sp³-hybridized carbons (Fsp3) is 0.222. The first-order chi connectivity index (χ1) is 12.0. The second kappa shape index (κ2) is 7.76. The average molecular weight is 371 g/mol. The van der Waals surface area contributed by atoms with Gasteiger partial charge in [-0.3, -0.25) is 4.79 Å². The second-order valence-electron chi connectivity index (χ2n) is 5.57. The normalized spacial score (nSPS) is 10.7. The molecular weight excluding hydrogens is 352 g/mol. The van der Waals surface area contributed by atoms with Gasteiger partial charge in [0.05, 0.1) is 16.3 Å². The van der Waals surface area contributed by atoms with E-state index in [1.54, 1.807) is 0 Å². The number of aryl methyl sites for hydroxylation is 3. The molecule has 0 saturated carbocycles. The van der Waals surface area contributed by atoms with Crippen LogP contribution in [0.3, 0.4) is 0 Å². The lowest BCUT2D eigenvalue weighted by molar-refractivity contribution is -0.113. The molecule has 1 aromatic carbocycles. The number of thiazole rings is 1. The molecule has 2 heterocycles. The molecule has 0 aliphatic rings. The van der Waals surface area contributed by atoms with Gasteiger partial charge in [-0.15, -0.1) is 0 Å². The van der Waals surface area contributed by atoms with Crippen LogP contribution in [0.1, 0.15) is 17.1 Å². The van der Waals surface area contributed by atoms with Gasteiger partial charge in [0, 0.05) is 11.4 Å². The second-order valence-corrected chi connectivity index (χ2v) is 7.51. The smallest absolute Gasteiger partial charge is 0.236 e. The summed E-state index contributed by atoms with van der Waals surface area (Å²) >= 11 is 2.81. The molecule has 128 valence electrons. The zero-order valence-electron chi connectivity index (χ0n) is 14.2. The standard InChI is InChI=1S/C18H18N4OS2/c1-11-9-12(2)20-17(19-11)24-10-15(23)22-18-21-13(3)16(25-18)14-7-5-4-6-8-14/h4-9H,10H2,1-3H3,(H,21,22,23). The van der Waals surface area contributed by atoms with E-state index in [0.29, 0.717) is 10.3 Å². The average Bonchev–Trinajstić information content (AvgIpc) is 2.93. The number of hydrogen-bond acceptors (Lipinski definition) is 6. The van der Waals surface area contributed by atoms with Gasteiger partial charge in [0.2, 0.25) is 5.91 Å². The lowest BCUT2D eigenvalue weighted by Crippen LogP contribution is -2.14. The van der Waals surface area contributed by atoms with Gasteiger partial charge >= 0.3 is 0 Å². The largest absolute Gasteiger partial charge is 0.301 e. The van der Waals surface area contributed by atoms with Crippen LogP contribution in [-0.2, 0) is 4.79 Å². The van der Waals surface area contributed by atoms with E-state index in [0.717, 1.165) is 27.5 Å². The fourth-order valence-electron chi connectivity index (χ4n) is 2.35. The van der Waals surface area contributed by atoms with Crippen molar-refractivity contribution >= 4 is 34.1 Å². The summed E-state index contributed by atoms with van der Waals surface area (Å²) in [4.78, 5) is 26.4. The molecular formula is C18H18N4OS2. The lowest BCUT2D eigenvalue weighted by Gasteiger charge is -2.03. The van der Waals surface area contributed by atoms with Gasteiger partial charge in [0.1, 0.15) is 0 Å². The van der Waals surface area contributed by atoms with Gasteiger partial charge in [-0.1, -0.05) is 53.4 Å². The molecule has 0 aliphatic heterocycles. The Hall–Kier alpha value is -2.25. The highest BCUT2D eigenvalue weighted by molar-refractivity contribution is 7.99. The van der Waals surface area contributed by atoms with E-state index in [-0.39, 0.29) is 11.7 Å². The van der Waals surface area contributed by atoms with Gasteiger partial charge in [0.15, 0.2) is 10.3 Å². The van der Waals surface area contributed by atoms with Crippen LogP contribution < -0.4 is 5.32 Å². The third-order valence-corrected chi connectivity index (χ3v) is 5.34. The number of anilines is 1. The van der Waals surface area contributed by atoms with Crippen molar-refractivity contribution in [1.29, 1.82) is 0 Å². The zero-order valence-corrected chi connectivity index (χ0v) is 15.9. The summed E-state index contributed by atoms with van der Waals surface area (Å²) in [5, 5.41) is 4.10. The topological polar surface area (TPSA) is 67.8 Å². The molecule has 0 aliphatic carbocycles. The van der Waals surface area contributed by atoms with Crippen LogP contribution in [0, 0.1) is 20.8 Å². The molecule has 0 spiro atoms. The maximum absolute atomic E-state index is 12.2. The maximum atomic E-state index is 12.2. The molecule has 25 heavy (non-hydrogen) atoms. The molecule has 2 aromatic heterocycles. The van der Waals surface area contributed by atoms with Crippen molar-refractivity contribution in [3.05, 3.63) is 53.5 Å². The monoisotopic (exact) mass is 370 g/mol. The zero-order chi connectivity index (χ0) is 17.8. The predicted octanol–water partition coefficient (Wildman–Crippen LogP) is 4.26. The van der Waals surface area contributed by atoms with Crippen molar-refractivity contribution in [3.63, 3.8) is 0 Å². The molecule has 1 amide bonds. The number of carbonyl (C=O) groups is 1. The summed E-state index contributed by atoms with van der Waals surface area (Å²) in [6.07, 6.45) is 0. The van der Waals surface area contributed by atoms with Crippen molar-refractivity contribution in [1.82, 2.24) is 15.0 Å². The Bertz CT molecular complexity index is 873. The van der Waals surface area contributed by atoms with E-state index < -0.39 is 0 Å². The van der Waals surface area contributed by atoms with E-state index in [1.165, 1.54) is 23.1 Å². The minimum atomic E-state index is -0.110. The quantitative estimate of drug-likeness (QED) is 0.537. The number of nitrogens with zero attached hydrogens (tertiary/aromatic N) is 3. The number of thioether (sulfide) groups is 1. The molecule has 0 unspecified atom stereocenters. The highest BCUT2D eigenvalue weighted by atomic mass is 32.2. The summed E-state index contributed by atoms with van der Waals surface area (Å²) < 4.78 is 0. The van der Waals surface area contributed by atoms with Gasteiger partial charge in [0.25, 0.3) is 0 Å². The highest BCUT2D eigenvalue weighted by Crippen LogP contribution is 2.32. The van der Waals surface area contributed by atoms with Crippen molar-refractivity contribution in [3.8, 4) is 10.4 Å². The number of hydrogen-bond donors (Lipinski definition) is 1. The molecule has 3 aromatic rings. The highest BCUT2D eigenvalue weighted by Gasteiger charge is 2.12. The fourth-order valence-corrected chi connectivity index (χ4v) is 4.09. The molecule has 3 rings (SSSR count). The van der Waals surface area contributed by atoms with Crippen molar-refractivity contribution in [2.75, 3.05) is 11.1 Å². The van der Waals surface area contributed by atoms with E-state index in [4.69, 9.17) is 0 Å². The van der Waals surface area contributed by atoms with E-state index in [1.807, 2.05) is 57.2 Å². The van der Waals surface area contributed by atoms with Crippen molar-refractivity contribution < 1.29 is 4.79 Å². The van der Waals surface area contributed by atoms with Crippen LogP contribution in [0.25, 0.3) is 10.4 Å².